The first-order valence-corrected chi connectivity index (χ1v) is 9.99. The Kier molecular flexibility index (Phi) is 6.04. The molecule has 0 aliphatic carbocycles. The molecule has 0 bridgehead atoms. The van der Waals surface area contributed by atoms with Crippen molar-refractivity contribution in [1.29, 1.82) is 0 Å². The number of hydrogen-bond acceptors (Lipinski definition) is 6. The van der Waals surface area contributed by atoms with Crippen molar-refractivity contribution in [2.75, 3.05) is 11.9 Å². The number of nitrogens with one attached hydrogen (secondary N) is 1. The quantitative estimate of drug-likeness (QED) is 0.693. The van der Waals surface area contributed by atoms with E-state index in [1.807, 2.05) is 29.2 Å². The fourth-order valence-corrected chi connectivity index (χ4v) is 3.67. The molecule has 1 atom stereocenters. The van der Waals surface area contributed by atoms with E-state index in [0.29, 0.717) is 18.2 Å². The number of aromatic nitrogens is 4. The van der Waals surface area contributed by atoms with Gasteiger partial charge < -0.3 is 10.2 Å². The van der Waals surface area contributed by atoms with Crippen LogP contribution >= 0.6 is 0 Å². The van der Waals surface area contributed by atoms with Crippen LogP contribution in [-0.4, -0.2) is 37.3 Å². The SMILES string of the molecule is O=C(CCc1ccccc1)N1CCCC[C@H]1c1ccnc(Nc2cnccn2)n1. The Hall–Kier alpha value is -3.35. The predicted molar refractivity (Wildman–Crippen MR) is 110 cm³/mol. The van der Waals surface area contributed by atoms with Gasteiger partial charge in [0.1, 0.15) is 0 Å². The molecular weight excluding hydrogens is 364 g/mol. The maximum absolute atomic E-state index is 13.0. The maximum Gasteiger partial charge on any atom is 0.228 e. The van der Waals surface area contributed by atoms with Gasteiger partial charge in [-0.15, -0.1) is 0 Å². The van der Waals surface area contributed by atoms with Gasteiger partial charge in [0.05, 0.1) is 17.9 Å². The third-order valence-corrected chi connectivity index (χ3v) is 5.12. The molecule has 1 aliphatic heterocycles. The molecular formula is C22H24N6O. The summed E-state index contributed by atoms with van der Waals surface area (Å²) in [6, 6.07) is 12.0. The van der Waals surface area contributed by atoms with Crippen LogP contribution < -0.4 is 5.32 Å². The molecule has 1 aromatic carbocycles. The number of amides is 1. The van der Waals surface area contributed by atoms with Crippen LogP contribution in [0.2, 0.25) is 0 Å². The van der Waals surface area contributed by atoms with Gasteiger partial charge in [-0.1, -0.05) is 30.3 Å². The van der Waals surface area contributed by atoms with Crippen LogP contribution in [-0.2, 0) is 11.2 Å². The highest BCUT2D eigenvalue weighted by Crippen LogP contribution is 2.31. The molecule has 0 unspecified atom stereocenters. The number of piperidine rings is 1. The van der Waals surface area contributed by atoms with E-state index < -0.39 is 0 Å². The Morgan fingerprint density at radius 2 is 1.97 bits per heavy atom. The van der Waals surface area contributed by atoms with Gasteiger partial charge in [0, 0.05) is 31.6 Å². The summed E-state index contributed by atoms with van der Waals surface area (Å²) in [7, 11) is 0. The first kappa shape index (κ1) is 19.0. The van der Waals surface area contributed by atoms with Crippen molar-refractivity contribution < 1.29 is 4.79 Å². The monoisotopic (exact) mass is 388 g/mol. The molecule has 7 heteroatoms. The molecule has 0 saturated carbocycles. The van der Waals surface area contributed by atoms with Crippen LogP contribution in [0.1, 0.15) is 43.0 Å². The van der Waals surface area contributed by atoms with Gasteiger partial charge in [0.25, 0.3) is 0 Å². The van der Waals surface area contributed by atoms with Gasteiger partial charge >= 0.3 is 0 Å². The van der Waals surface area contributed by atoms with Crippen LogP contribution in [0, 0.1) is 0 Å². The number of carbonyl (C=O) groups is 1. The zero-order valence-electron chi connectivity index (χ0n) is 16.2. The number of carbonyl (C=O) groups excluding carboxylic acids is 1. The topological polar surface area (TPSA) is 83.9 Å². The summed E-state index contributed by atoms with van der Waals surface area (Å²) in [4.78, 5) is 32.1. The van der Waals surface area contributed by atoms with E-state index in [-0.39, 0.29) is 11.9 Å². The van der Waals surface area contributed by atoms with Gasteiger partial charge in [0.2, 0.25) is 11.9 Å². The zero-order valence-corrected chi connectivity index (χ0v) is 16.2. The minimum Gasteiger partial charge on any atom is -0.334 e. The second-order valence-electron chi connectivity index (χ2n) is 7.11. The number of aryl methyl sites for hydroxylation is 1. The van der Waals surface area contributed by atoms with E-state index in [1.165, 1.54) is 5.56 Å². The Morgan fingerprint density at radius 3 is 2.79 bits per heavy atom. The van der Waals surface area contributed by atoms with Crippen molar-refractivity contribution in [1.82, 2.24) is 24.8 Å². The summed E-state index contributed by atoms with van der Waals surface area (Å²) in [5.74, 6) is 1.23. The average molecular weight is 388 g/mol. The first-order chi connectivity index (χ1) is 14.3. The maximum atomic E-state index is 13.0. The molecule has 4 rings (SSSR count). The molecule has 0 spiro atoms. The Labute approximate surface area is 170 Å². The van der Waals surface area contributed by atoms with E-state index in [2.05, 4.69) is 37.4 Å². The normalized spacial score (nSPS) is 16.4. The van der Waals surface area contributed by atoms with Crippen LogP contribution in [0.25, 0.3) is 0 Å². The minimum absolute atomic E-state index is 0.0163. The van der Waals surface area contributed by atoms with Crippen molar-refractivity contribution in [3.05, 3.63) is 72.4 Å². The summed E-state index contributed by atoms with van der Waals surface area (Å²) < 4.78 is 0. The molecule has 148 valence electrons. The third kappa shape index (κ3) is 4.93. The summed E-state index contributed by atoms with van der Waals surface area (Å²) in [6.07, 6.45) is 10.9. The lowest BCUT2D eigenvalue weighted by Crippen LogP contribution is -2.39. The third-order valence-electron chi connectivity index (χ3n) is 5.12. The number of nitrogens with zero attached hydrogens (tertiary/aromatic N) is 5. The lowest BCUT2D eigenvalue weighted by Gasteiger charge is -2.35. The molecule has 7 nitrogen and oxygen atoms in total. The average Bonchev–Trinajstić information content (AvgIpc) is 2.79. The van der Waals surface area contributed by atoms with Gasteiger partial charge in [-0.05, 0) is 37.3 Å². The van der Waals surface area contributed by atoms with Gasteiger partial charge in [-0.3, -0.25) is 9.78 Å². The van der Waals surface area contributed by atoms with E-state index >= 15 is 0 Å². The lowest BCUT2D eigenvalue weighted by atomic mass is 9.98. The highest BCUT2D eigenvalue weighted by Gasteiger charge is 2.28. The van der Waals surface area contributed by atoms with Crippen LogP contribution in [0.3, 0.4) is 0 Å². The largest absolute Gasteiger partial charge is 0.334 e. The highest BCUT2D eigenvalue weighted by atomic mass is 16.2. The second kappa shape index (κ2) is 9.23. The van der Waals surface area contributed by atoms with E-state index in [4.69, 9.17) is 0 Å². The summed E-state index contributed by atoms with van der Waals surface area (Å²) in [6.45, 7) is 0.773. The molecule has 1 amide bonds. The van der Waals surface area contributed by atoms with Crippen molar-refractivity contribution in [3.63, 3.8) is 0 Å². The van der Waals surface area contributed by atoms with Crippen molar-refractivity contribution >= 4 is 17.7 Å². The predicted octanol–water partition coefficient (Wildman–Crippen LogP) is 3.70. The Bertz CT molecular complexity index is 934. The fourth-order valence-electron chi connectivity index (χ4n) is 3.67. The Balaban J connectivity index is 1.47. The number of benzene rings is 1. The van der Waals surface area contributed by atoms with Crippen LogP contribution in [0.15, 0.2) is 61.2 Å². The number of likely N-dealkylation sites (tertiary alicyclic amines) is 1. The molecule has 1 aliphatic rings. The molecule has 3 heterocycles. The van der Waals surface area contributed by atoms with Crippen LogP contribution in [0.4, 0.5) is 11.8 Å². The van der Waals surface area contributed by atoms with Gasteiger partial charge in [-0.2, -0.15) is 0 Å². The molecule has 3 aromatic rings. The van der Waals surface area contributed by atoms with Gasteiger partial charge in [-0.25, -0.2) is 15.0 Å². The second-order valence-corrected chi connectivity index (χ2v) is 7.11. The molecule has 0 radical (unpaired) electrons. The molecule has 2 aromatic heterocycles. The van der Waals surface area contributed by atoms with Crippen LogP contribution in [0.5, 0.6) is 0 Å². The summed E-state index contributed by atoms with van der Waals surface area (Å²) in [5.41, 5.74) is 2.05. The van der Waals surface area contributed by atoms with Crippen molar-refractivity contribution in [2.45, 2.75) is 38.1 Å². The number of anilines is 2. The van der Waals surface area contributed by atoms with Gasteiger partial charge in [0.15, 0.2) is 5.82 Å². The molecule has 29 heavy (non-hydrogen) atoms. The fraction of sp³-hybridized carbons (Fsp3) is 0.318. The minimum atomic E-state index is -0.0163. The standard InChI is InChI=1S/C22H24N6O/c29-21(10-9-17-6-2-1-3-7-17)28-15-5-4-8-19(28)18-11-12-25-22(26-18)27-20-16-23-13-14-24-20/h1-3,6-7,11-14,16,19H,4-5,8-10,15H2,(H,24,25,26,27)/t19-/m0/s1. The zero-order chi connectivity index (χ0) is 19.9. The van der Waals surface area contributed by atoms with E-state index in [1.54, 1.807) is 24.8 Å². The lowest BCUT2D eigenvalue weighted by molar-refractivity contribution is -0.135. The first-order valence-electron chi connectivity index (χ1n) is 9.99. The van der Waals surface area contributed by atoms with Crippen molar-refractivity contribution in [3.8, 4) is 0 Å². The van der Waals surface area contributed by atoms with Crippen molar-refractivity contribution in [2.24, 2.45) is 0 Å². The van der Waals surface area contributed by atoms with E-state index in [0.717, 1.165) is 37.9 Å². The number of hydrogen-bond donors (Lipinski definition) is 1. The molecule has 1 saturated heterocycles. The molecule has 1 fully saturated rings. The Morgan fingerprint density at radius 1 is 1.07 bits per heavy atom. The summed E-state index contributed by atoms with van der Waals surface area (Å²) >= 11 is 0. The summed E-state index contributed by atoms with van der Waals surface area (Å²) in [5, 5.41) is 3.07. The molecule has 1 N–H and O–H groups in total. The smallest absolute Gasteiger partial charge is 0.228 e. The highest BCUT2D eigenvalue weighted by molar-refractivity contribution is 5.77. The number of rotatable bonds is 6. The van der Waals surface area contributed by atoms with E-state index in [9.17, 15) is 4.79 Å².